The van der Waals surface area contributed by atoms with Crippen molar-refractivity contribution in [3.05, 3.63) is 0 Å². The second-order valence-corrected chi connectivity index (χ2v) is 15.8. The van der Waals surface area contributed by atoms with Gasteiger partial charge in [0, 0.05) is 5.16 Å². The maximum atomic E-state index is 6.01. The molecular weight excluding hydrogens is 331 g/mol. The second kappa shape index (κ2) is 9.32. The van der Waals surface area contributed by atoms with Crippen molar-refractivity contribution in [2.45, 2.75) is 44.8 Å². The van der Waals surface area contributed by atoms with Crippen molar-refractivity contribution in [3.8, 4) is 0 Å². The average Bonchev–Trinajstić information content (AvgIpc) is 2.29. The summed E-state index contributed by atoms with van der Waals surface area (Å²) >= 11 is 0. The van der Waals surface area contributed by atoms with Gasteiger partial charge < -0.3 is 16.6 Å². The fourth-order valence-corrected chi connectivity index (χ4v) is 17.0. The molecule has 0 heterocycles. The van der Waals surface area contributed by atoms with Gasteiger partial charge in [-0.05, 0) is 48.2 Å². The van der Waals surface area contributed by atoms with Gasteiger partial charge in [0.05, 0.1) is 0 Å². The molecule has 0 bridgehead atoms. The fourth-order valence-electron chi connectivity index (χ4n) is 1.53. The molecule has 0 aliphatic rings. The van der Waals surface area contributed by atoms with Crippen LogP contribution in [0.25, 0.3) is 0 Å². The van der Waals surface area contributed by atoms with Crippen molar-refractivity contribution in [1.82, 2.24) is 0 Å². The zero-order chi connectivity index (χ0) is 14.2. The van der Waals surface area contributed by atoms with Gasteiger partial charge in [-0.25, -0.2) is 0 Å². The molecule has 0 spiro atoms. The molecule has 10 heteroatoms. The molecule has 4 nitrogen and oxygen atoms in total. The summed E-state index contributed by atoms with van der Waals surface area (Å²) in [6.45, 7) is 14.8. The number of rotatable bonds is 10. The maximum absolute atomic E-state index is 6.01. The van der Waals surface area contributed by atoms with E-state index in [4.69, 9.17) is 16.6 Å². The van der Waals surface area contributed by atoms with Crippen molar-refractivity contribution < 1.29 is 16.6 Å². The maximum Gasteiger partial charge on any atom is 0.471 e. The Bertz CT molecular complexity index is 217. The Morgan fingerprint density at radius 2 is 1.33 bits per heavy atom. The summed E-state index contributed by atoms with van der Waals surface area (Å²) in [6.07, 6.45) is 0. The summed E-state index contributed by atoms with van der Waals surface area (Å²) in [5.41, 5.74) is 0. The minimum absolute atomic E-state index is 0.254. The van der Waals surface area contributed by atoms with Gasteiger partial charge >= 0.3 is 8.80 Å². The molecule has 0 saturated carbocycles. The van der Waals surface area contributed by atoms with Crippen LogP contribution in [0, 0.1) is 0 Å². The SMILES string of the molecule is C[Si]O[Si](O[Si]C)(O[Si]C)C(C)[Si](C)(C)OPC. The van der Waals surface area contributed by atoms with E-state index in [0.717, 1.165) is 0 Å². The first kappa shape index (κ1) is 19.4. The summed E-state index contributed by atoms with van der Waals surface area (Å²) in [6, 6.07) is 0. The molecule has 0 aromatic heterocycles. The van der Waals surface area contributed by atoms with E-state index in [1.165, 1.54) is 0 Å². The molecule has 104 valence electrons. The van der Waals surface area contributed by atoms with Crippen LogP contribution in [0.3, 0.4) is 0 Å². The average molecular weight is 355 g/mol. The predicted molar refractivity (Wildman–Crippen MR) is 86.1 cm³/mol. The minimum Gasteiger partial charge on any atom is -0.416 e. The highest BCUT2D eigenvalue weighted by atomic mass is 31.1. The van der Waals surface area contributed by atoms with Crippen LogP contribution in [-0.4, -0.2) is 53.1 Å². The van der Waals surface area contributed by atoms with E-state index in [1.807, 2.05) is 19.6 Å². The van der Waals surface area contributed by atoms with Crippen LogP contribution in [0.2, 0.25) is 37.9 Å². The Balaban J connectivity index is 5.12. The quantitative estimate of drug-likeness (QED) is 0.446. The Morgan fingerprint density at radius 1 is 0.944 bits per heavy atom. The topological polar surface area (TPSA) is 36.9 Å². The zero-order valence-electron chi connectivity index (χ0n) is 12.2. The smallest absolute Gasteiger partial charge is 0.416 e. The van der Waals surface area contributed by atoms with Gasteiger partial charge in [-0.3, -0.25) is 0 Å². The molecule has 0 amide bonds. The fraction of sp³-hybridized carbons (Fsp3) is 1.00. The first-order valence-corrected chi connectivity index (χ1v) is 16.2. The lowest BCUT2D eigenvalue weighted by Gasteiger charge is -2.40. The Hall–Kier alpha value is 1.35. The number of hydrogen-bond donors (Lipinski definition) is 0. The third-order valence-corrected chi connectivity index (χ3v) is 17.7. The van der Waals surface area contributed by atoms with Crippen LogP contribution in [0.15, 0.2) is 0 Å². The van der Waals surface area contributed by atoms with Crippen molar-refractivity contribution in [3.63, 3.8) is 0 Å². The van der Waals surface area contributed by atoms with Gasteiger partial charge in [0.2, 0.25) is 29.3 Å². The molecule has 0 N–H and O–H groups in total. The largest absolute Gasteiger partial charge is 0.471 e. The molecule has 2 unspecified atom stereocenters. The van der Waals surface area contributed by atoms with Gasteiger partial charge in [0.1, 0.15) is 0 Å². The lowest BCUT2D eigenvalue weighted by atomic mass is 10.9. The second-order valence-electron chi connectivity index (χ2n) is 4.15. The summed E-state index contributed by atoms with van der Waals surface area (Å²) in [5, 5.41) is 0.254. The van der Waals surface area contributed by atoms with E-state index in [9.17, 15) is 0 Å². The summed E-state index contributed by atoms with van der Waals surface area (Å²) in [5.74, 6) is 0. The normalized spacial score (nSPS) is 15.5. The van der Waals surface area contributed by atoms with Crippen molar-refractivity contribution in [2.24, 2.45) is 0 Å². The Morgan fingerprint density at radius 3 is 1.61 bits per heavy atom. The summed E-state index contributed by atoms with van der Waals surface area (Å²) < 4.78 is 24.0. The van der Waals surface area contributed by atoms with Crippen molar-refractivity contribution in [2.75, 3.05) is 6.66 Å². The summed E-state index contributed by atoms with van der Waals surface area (Å²) in [7, 11) is -2.75. The van der Waals surface area contributed by atoms with E-state index in [2.05, 4.69) is 26.7 Å². The molecule has 0 rings (SSSR count). The van der Waals surface area contributed by atoms with Crippen LogP contribution in [-0.2, 0) is 16.6 Å². The molecule has 0 aliphatic heterocycles. The van der Waals surface area contributed by atoms with Gasteiger partial charge in [0.15, 0.2) is 8.32 Å². The predicted octanol–water partition coefficient (Wildman–Crippen LogP) is 2.35. The highest BCUT2D eigenvalue weighted by Crippen LogP contribution is 2.37. The summed E-state index contributed by atoms with van der Waals surface area (Å²) in [4.78, 5) is 0. The lowest BCUT2D eigenvalue weighted by molar-refractivity contribution is 0.275. The first-order valence-electron chi connectivity index (χ1n) is 5.79. The van der Waals surface area contributed by atoms with Gasteiger partial charge in [-0.2, -0.15) is 0 Å². The molecule has 6 radical (unpaired) electrons. The van der Waals surface area contributed by atoms with Crippen molar-refractivity contribution >= 4 is 55.2 Å². The first-order chi connectivity index (χ1) is 8.40. The number of hydrogen-bond acceptors (Lipinski definition) is 4. The molecule has 0 aromatic carbocycles. The minimum atomic E-state index is -2.59. The molecule has 0 aromatic rings. The zero-order valence-corrected chi connectivity index (χ0v) is 18.2. The van der Waals surface area contributed by atoms with Crippen LogP contribution >= 0.6 is 8.81 Å². The molecule has 0 saturated heterocycles. The van der Waals surface area contributed by atoms with E-state index in [1.54, 1.807) is 0 Å². The van der Waals surface area contributed by atoms with Gasteiger partial charge in [-0.15, -0.1) is 0 Å². The highest BCUT2D eigenvalue weighted by Gasteiger charge is 2.53. The van der Waals surface area contributed by atoms with E-state index in [0.29, 0.717) is 38.1 Å². The third kappa shape index (κ3) is 5.39. The standard InChI is InChI=1S/C8H23O4PSi5/c1-8(17(6,7)9-13-2)18(10-14-3,11-15-4)12-16-5/h8,13H,1-7H3. The highest BCUT2D eigenvalue weighted by molar-refractivity contribution is 7.34. The van der Waals surface area contributed by atoms with Crippen LogP contribution in [0.5, 0.6) is 0 Å². The van der Waals surface area contributed by atoms with Gasteiger partial charge in [-0.1, -0.05) is 6.92 Å². The Labute approximate surface area is 123 Å². The van der Waals surface area contributed by atoms with Gasteiger partial charge in [0.25, 0.3) is 0 Å². The Kier molecular flexibility index (Phi) is 10.0. The van der Waals surface area contributed by atoms with Crippen LogP contribution in [0.4, 0.5) is 0 Å². The monoisotopic (exact) mass is 354 g/mol. The van der Waals surface area contributed by atoms with Crippen LogP contribution < -0.4 is 0 Å². The molecule has 0 fully saturated rings. The lowest BCUT2D eigenvalue weighted by Crippen LogP contribution is -2.58. The van der Waals surface area contributed by atoms with E-state index >= 15 is 0 Å². The molecule has 0 aliphatic carbocycles. The van der Waals surface area contributed by atoms with Crippen LogP contribution in [0.1, 0.15) is 6.92 Å². The molecule has 2 atom stereocenters. The van der Waals surface area contributed by atoms with E-state index < -0.39 is 17.1 Å². The molecular formula is C8H23O4PSi5. The molecule has 18 heavy (non-hydrogen) atoms. The van der Waals surface area contributed by atoms with Crippen molar-refractivity contribution in [1.29, 1.82) is 0 Å². The van der Waals surface area contributed by atoms with E-state index in [-0.39, 0.29) is 5.16 Å². The third-order valence-electron chi connectivity index (χ3n) is 2.67.